The van der Waals surface area contributed by atoms with Gasteiger partial charge in [-0.05, 0) is 75.3 Å². The van der Waals surface area contributed by atoms with Gasteiger partial charge in [0.15, 0.2) is 0 Å². The minimum atomic E-state index is -2.70. The number of alkyl halides is 2. The van der Waals surface area contributed by atoms with Gasteiger partial charge in [0.1, 0.15) is 11.6 Å². The second-order valence-corrected chi connectivity index (χ2v) is 9.92. The van der Waals surface area contributed by atoms with Crippen LogP contribution < -0.4 is 10.6 Å². The van der Waals surface area contributed by atoms with Crippen molar-refractivity contribution < 1.29 is 13.9 Å². The lowest BCUT2D eigenvalue weighted by Gasteiger charge is -2.42. The van der Waals surface area contributed by atoms with E-state index < -0.39 is 6.55 Å². The van der Waals surface area contributed by atoms with E-state index in [0.29, 0.717) is 38.8 Å². The molecule has 9 heteroatoms. The Kier molecular flexibility index (Phi) is 5.31. The van der Waals surface area contributed by atoms with Gasteiger partial charge in [0.25, 0.3) is 0 Å². The van der Waals surface area contributed by atoms with Gasteiger partial charge < -0.3 is 15.7 Å². The first kappa shape index (κ1) is 21.8. The zero-order valence-electron chi connectivity index (χ0n) is 18.7. The molecule has 4 heterocycles. The predicted octanol–water partition coefficient (Wildman–Crippen LogP) is 4.83. The number of anilines is 1. The lowest BCUT2D eigenvalue weighted by molar-refractivity contribution is 0.0566. The highest BCUT2D eigenvalue weighted by atomic mass is 19.3. The maximum absolute atomic E-state index is 12.8. The van der Waals surface area contributed by atoms with Crippen LogP contribution in [-0.2, 0) is 0 Å². The van der Waals surface area contributed by atoms with Gasteiger partial charge in [0.05, 0.1) is 11.9 Å². The fourth-order valence-electron chi connectivity index (χ4n) is 5.54. The van der Waals surface area contributed by atoms with E-state index in [0.717, 1.165) is 19.4 Å². The molecule has 2 atom stereocenters. The summed E-state index contributed by atoms with van der Waals surface area (Å²) in [6.07, 6.45) is 7.34. The molecular formula is C24H28F2N6O. The zero-order chi connectivity index (χ0) is 23.2. The molecule has 3 N–H and O–H groups in total. The number of hydrogen-bond acceptors (Lipinski definition) is 6. The number of hydrogen-bond donors (Lipinski definition) is 3. The molecular weight excluding hydrogens is 426 g/mol. The summed E-state index contributed by atoms with van der Waals surface area (Å²) in [6, 6.07) is 8.63. The number of benzene rings is 1. The molecule has 2 unspecified atom stereocenters. The van der Waals surface area contributed by atoms with Crippen molar-refractivity contribution in [3.8, 4) is 28.1 Å². The molecule has 2 saturated heterocycles. The number of halogens is 2. The molecule has 5 rings (SSSR count). The second kappa shape index (κ2) is 8.06. The van der Waals surface area contributed by atoms with Gasteiger partial charge in [-0.2, -0.15) is 13.9 Å². The van der Waals surface area contributed by atoms with Crippen molar-refractivity contribution in [2.45, 2.75) is 57.2 Å². The highest BCUT2D eigenvalue weighted by Crippen LogP contribution is 2.44. The summed E-state index contributed by atoms with van der Waals surface area (Å²) in [4.78, 5) is 0. The third kappa shape index (κ3) is 4.42. The monoisotopic (exact) mass is 454 g/mol. The summed E-state index contributed by atoms with van der Waals surface area (Å²) in [6.45, 7) is 2.79. The molecule has 0 radical (unpaired) electrons. The number of phenolic OH excluding ortho intramolecular Hbond substituents is 1. The number of fused-ring (bicyclic) bond motifs is 2. The Labute approximate surface area is 191 Å². The Morgan fingerprint density at radius 2 is 1.88 bits per heavy atom. The zero-order valence-corrected chi connectivity index (χ0v) is 18.7. The SMILES string of the molecule is CC12CCC(C)(CC(CNc3ccc(-c4ccc(-c5cnn(C(F)F)c5)cc4O)nn3)C1)N2. The molecule has 0 spiro atoms. The summed E-state index contributed by atoms with van der Waals surface area (Å²) in [7, 11) is 0. The van der Waals surface area contributed by atoms with Crippen LogP contribution in [0.3, 0.4) is 0 Å². The Hall–Kier alpha value is -3.07. The molecule has 174 valence electrons. The number of rotatable bonds is 6. The highest BCUT2D eigenvalue weighted by molar-refractivity contribution is 5.73. The topological polar surface area (TPSA) is 87.9 Å². The van der Waals surface area contributed by atoms with E-state index in [1.165, 1.54) is 31.3 Å². The molecule has 33 heavy (non-hydrogen) atoms. The van der Waals surface area contributed by atoms with E-state index in [4.69, 9.17) is 0 Å². The van der Waals surface area contributed by atoms with E-state index in [9.17, 15) is 13.9 Å². The number of nitrogens with one attached hydrogen (secondary N) is 2. The van der Waals surface area contributed by atoms with Crippen molar-refractivity contribution in [2.24, 2.45) is 5.92 Å². The van der Waals surface area contributed by atoms with Gasteiger partial charge in [-0.1, -0.05) is 6.07 Å². The van der Waals surface area contributed by atoms with Crippen molar-refractivity contribution >= 4 is 5.82 Å². The molecule has 7 nitrogen and oxygen atoms in total. The first-order chi connectivity index (χ1) is 15.7. The van der Waals surface area contributed by atoms with Crippen LogP contribution in [0.15, 0.2) is 42.7 Å². The molecule has 0 saturated carbocycles. The number of aromatic nitrogens is 4. The molecule has 2 aliphatic heterocycles. The van der Waals surface area contributed by atoms with Gasteiger partial charge in [-0.15, -0.1) is 10.2 Å². The van der Waals surface area contributed by atoms with E-state index in [1.54, 1.807) is 12.1 Å². The van der Waals surface area contributed by atoms with Crippen molar-refractivity contribution in [1.29, 1.82) is 0 Å². The molecule has 3 aromatic rings. The Bertz CT molecular complexity index is 1130. The predicted molar refractivity (Wildman–Crippen MR) is 122 cm³/mol. The van der Waals surface area contributed by atoms with Crippen LogP contribution in [0.1, 0.15) is 46.1 Å². The number of piperidine rings is 1. The first-order valence-electron chi connectivity index (χ1n) is 11.3. The Morgan fingerprint density at radius 1 is 1.12 bits per heavy atom. The minimum absolute atomic E-state index is 0.000949. The Balaban J connectivity index is 1.25. The van der Waals surface area contributed by atoms with Gasteiger partial charge in [0, 0.05) is 34.9 Å². The molecule has 2 aromatic heterocycles. The van der Waals surface area contributed by atoms with E-state index >= 15 is 0 Å². The summed E-state index contributed by atoms with van der Waals surface area (Å²) >= 11 is 0. The van der Waals surface area contributed by atoms with Crippen LogP contribution >= 0.6 is 0 Å². The number of nitrogens with zero attached hydrogens (tertiary/aromatic N) is 4. The smallest absolute Gasteiger partial charge is 0.333 e. The van der Waals surface area contributed by atoms with Crippen molar-refractivity contribution in [3.63, 3.8) is 0 Å². The molecule has 1 aromatic carbocycles. The van der Waals surface area contributed by atoms with Gasteiger partial charge in [-0.3, -0.25) is 0 Å². The lowest BCUT2D eigenvalue weighted by Crippen LogP contribution is -2.54. The number of aromatic hydroxyl groups is 1. The van der Waals surface area contributed by atoms with Crippen LogP contribution in [0.5, 0.6) is 5.75 Å². The average molecular weight is 455 g/mol. The highest BCUT2D eigenvalue weighted by Gasteiger charge is 2.48. The standard InChI is InChI=1S/C24H28F2N6O/c1-23-7-8-24(2,31-23)11-15(10-23)12-27-21-6-5-19(29-30-21)18-4-3-16(9-20(18)33)17-13-28-32(14-17)22(25)26/h3-6,9,13-15,22,31,33H,7-8,10-12H2,1-2H3,(H,27,30). The van der Waals surface area contributed by atoms with Crippen molar-refractivity contribution in [3.05, 3.63) is 42.7 Å². The fraction of sp³-hybridized carbons (Fsp3) is 0.458. The third-order valence-electron chi connectivity index (χ3n) is 6.96. The van der Waals surface area contributed by atoms with Crippen molar-refractivity contribution in [1.82, 2.24) is 25.3 Å². The van der Waals surface area contributed by atoms with Crippen LogP contribution in [0.4, 0.5) is 14.6 Å². The minimum Gasteiger partial charge on any atom is -0.507 e. The summed E-state index contributed by atoms with van der Waals surface area (Å²) < 4.78 is 26.1. The summed E-state index contributed by atoms with van der Waals surface area (Å²) in [5.74, 6) is 1.28. The van der Waals surface area contributed by atoms with Gasteiger partial charge in [0.2, 0.25) is 0 Å². The second-order valence-electron chi connectivity index (χ2n) is 9.92. The quantitative estimate of drug-likeness (QED) is 0.495. The van der Waals surface area contributed by atoms with E-state index in [-0.39, 0.29) is 16.8 Å². The van der Waals surface area contributed by atoms with Crippen LogP contribution in [0.25, 0.3) is 22.4 Å². The summed E-state index contributed by atoms with van der Waals surface area (Å²) in [5.41, 5.74) is 2.61. The van der Waals surface area contributed by atoms with E-state index in [1.807, 2.05) is 12.1 Å². The lowest BCUT2D eigenvalue weighted by atomic mass is 9.80. The third-order valence-corrected chi connectivity index (χ3v) is 6.96. The first-order valence-corrected chi connectivity index (χ1v) is 11.3. The summed E-state index contributed by atoms with van der Waals surface area (Å²) in [5, 5.41) is 29.9. The largest absolute Gasteiger partial charge is 0.507 e. The maximum atomic E-state index is 12.8. The van der Waals surface area contributed by atoms with E-state index in [2.05, 4.69) is 39.8 Å². The average Bonchev–Trinajstić information content (AvgIpc) is 3.35. The molecule has 2 bridgehead atoms. The fourth-order valence-corrected chi connectivity index (χ4v) is 5.54. The van der Waals surface area contributed by atoms with Crippen LogP contribution in [0.2, 0.25) is 0 Å². The maximum Gasteiger partial charge on any atom is 0.333 e. The molecule has 0 aliphatic carbocycles. The molecule has 0 amide bonds. The van der Waals surface area contributed by atoms with Gasteiger partial charge >= 0.3 is 6.55 Å². The van der Waals surface area contributed by atoms with Crippen LogP contribution in [0, 0.1) is 5.92 Å². The number of phenols is 1. The molecule has 2 aliphatic rings. The van der Waals surface area contributed by atoms with Crippen LogP contribution in [-0.4, -0.2) is 42.7 Å². The van der Waals surface area contributed by atoms with Crippen molar-refractivity contribution in [2.75, 3.05) is 11.9 Å². The van der Waals surface area contributed by atoms with Gasteiger partial charge in [-0.25, -0.2) is 4.68 Å². The normalized spacial score (nSPS) is 26.6. The Morgan fingerprint density at radius 3 is 2.48 bits per heavy atom. The molecule has 2 fully saturated rings.